The Kier molecular flexibility index (Phi) is 14.8. The molecule has 0 heterocycles. The van der Waals surface area contributed by atoms with Crippen molar-refractivity contribution in [3.8, 4) is 84.0 Å². The van der Waals surface area contributed by atoms with Crippen LogP contribution in [0.4, 0.5) is 0 Å². The molecule has 3 unspecified atom stereocenters. The zero-order valence-corrected chi connectivity index (χ0v) is 51.8. The van der Waals surface area contributed by atoms with Gasteiger partial charge < -0.3 is 28.4 Å². The van der Waals surface area contributed by atoms with Crippen molar-refractivity contribution >= 4 is 0 Å². The van der Waals surface area contributed by atoms with Gasteiger partial charge in [0.2, 0.25) is 0 Å². The Morgan fingerprint density at radius 2 is 0.483 bits per heavy atom. The predicted octanol–water partition coefficient (Wildman–Crippen LogP) is 19.5. The summed E-state index contributed by atoms with van der Waals surface area (Å²) in [5.41, 5.74) is 15.1. The standard InChI is InChI=1S/C81H90O6/c1-82-75(79-40-52-31-53(41-79)33-54(32-52)42-79)49-85-70-25-19-64(20-26-70)61-7-13-67(14-8-61)73-5-4-6-74(68-15-9-62(10-16-68)65-21-27-71(28-22-65)86-50-76(83-2)80-43-55-34-56(44-80)36-57(35-55)45-80)78(73)69-17-11-63(12-18-69)66-23-29-72(30-24-66)87-51-77(84-3)81-46-58-37-59(47-81)39-60(38-58)48-81/h4-30,52-60,75-77H,31-51H2,1-3H3. The molecule has 12 bridgehead atoms. The molecule has 450 valence electrons. The average molecular weight is 1160 g/mol. The second kappa shape index (κ2) is 23.0. The van der Waals surface area contributed by atoms with E-state index in [0.29, 0.717) is 19.8 Å². The smallest absolute Gasteiger partial charge is 0.119 e. The van der Waals surface area contributed by atoms with E-state index in [4.69, 9.17) is 28.4 Å². The predicted molar refractivity (Wildman–Crippen MR) is 350 cm³/mol. The van der Waals surface area contributed by atoms with Crippen LogP contribution in [0, 0.1) is 69.5 Å². The van der Waals surface area contributed by atoms with Crippen LogP contribution in [-0.4, -0.2) is 59.5 Å². The van der Waals surface area contributed by atoms with E-state index >= 15 is 0 Å². The lowest BCUT2D eigenvalue weighted by Gasteiger charge is -2.58. The van der Waals surface area contributed by atoms with E-state index in [1.54, 1.807) is 0 Å². The first-order chi connectivity index (χ1) is 42.6. The van der Waals surface area contributed by atoms with Crippen LogP contribution in [0.5, 0.6) is 17.2 Å². The highest BCUT2D eigenvalue weighted by Crippen LogP contribution is 2.64. The Morgan fingerprint density at radius 3 is 0.713 bits per heavy atom. The lowest BCUT2D eigenvalue weighted by atomic mass is 9.48. The molecule has 0 aromatic heterocycles. The molecule has 0 amide bonds. The Balaban J connectivity index is 0.635. The van der Waals surface area contributed by atoms with Crippen molar-refractivity contribution in [1.29, 1.82) is 0 Å². The fraction of sp³-hybridized carbons (Fsp3) is 0.481. The van der Waals surface area contributed by atoms with Gasteiger partial charge in [-0.2, -0.15) is 0 Å². The molecule has 6 nitrogen and oxygen atoms in total. The topological polar surface area (TPSA) is 55.4 Å². The maximum atomic E-state index is 6.56. The lowest BCUT2D eigenvalue weighted by molar-refractivity contribution is -0.141. The zero-order chi connectivity index (χ0) is 58.3. The largest absolute Gasteiger partial charge is 0.491 e. The third kappa shape index (κ3) is 10.8. The minimum absolute atomic E-state index is 0.142. The fourth-order valence-corrected chi connectivity index (χ4v) is 21.8. The van der Waals surface area contributed by atoms with Crippen molar-refractivity contribution in [2.75, 3.05) is 41.2 Å². The van der Waals surface area contributed by atoms with E-state index in [-0.39, 0.29) is 34.6 Å². The monoisotopic (exact) mass is 1160 g/mol. The van der Waals surface area contributed by atoms with Gasteiger partial charge in [-0.1, -0.05) is 127 Å². The quantitative estimate of drug-likeness (QED) is 0.0715. The first kappa shape index (κ1) is 56.1. The molecule has 12 fully saturated rings. The van der Waals surface area contributed by atoms with Crippen LogP contribution in [0.2, 0.25) is 0 Å². The summed E-state index contributed by atoms with van der Waals surface area (Å²) in [7, 11) is 5.71. The summed E-state index contributed by atoms with van der Waals surface area (Å²) < 4.78 is 38.4. The van der Waals surface area contributed by atoms with Gasteiger partial charge in [-0.25, -0.2) is 0 Å². The number of ether oxygens (including phenoxy) is 6. The molecule has 0 N–H and O–H groups in total. The van der Waals surface area contributed by atoms with Gasteiger partial charge in [-0.3, -0.25) is 0 Å². The van der Waals surface area contributed by atoms with Gasteiger partial charge in [0.25, 0.3) is 0 Å². The normalized spacial score (nSPS) is 31.4. The first-order valence-corrected chi connectivity index (χ1v) is 33.9. The molecule has 12 saturated carbocycles. The number of hydrogen-bond donors (Lipinski definition) is 0. The minimum Gasteiger partial charge on any atom is -0.491 e. The summed E-state index contributed by atoms with van der Waals surface area (Å²) in [4.78, 5) is 0. The third-order valence-electron chi connectivity index (χ3n) is 24.6. The van der Waals surface area contributed by atoms with Crippen LogP contribution in [0.1, 0.15) is 116 Å². The summed E-state index contributed by atoms with van der Waals surface area (Å²) in [6, 6.07) is 60.3. The van der Waals surface area contributed by atoms with Crippen molar-refractivity contribution < 1.29 is 28.4 Å². The van der Waals surface area contributed by atoms with Gasteiger partial charge in [0.1, 0.15) is 37.1 Å². The summed E-state index contributed by atoms with van der Waals surface area (Å²) in [5.74, 6) is 10.7. The number of rotatable bonds is 21. The molecule has 3 atom stereocenters. The van der Waals surface area contributed by atoms with Crippen molar-refractivity contribution in [3.63, 3.8) is 0 Å². The molecule has 19 rings (SSSR count). The summed E-state index contributed by atoms with van der Waals surface area (Å²) in [5, 5.41) is 0. The fourth-order valence-electron chi connectivity index (χ4n) is 21.8. The third-order valence-corrected chi connectivity index (χ3v) is 24.6. The van der Waals surface area contributed by atoms with Crippen molar-refractivity contribution in [1.82, 2.24) is 0 Å². The molecule has 0 radical (unpaired) electrons. The van der Waals surface area contributed by atoms with Crippen LogP contribution in [0.3, 0.4) is 0 Å². The van der Waals surface area contributed by atoms with E-state index in [2.05, 4.69) is 164 Å². The first-order valence-electron chi connectivity index (χ1n) is 33.9. The van der Waals surface area contributed by atoms with Gasteiger partial charge >= 0.3 is 0 Å². The van der Waals surface area contributed by atoms with Gasteiger partial charge in [0.05, 0.1) is 18.3 Å². The van der Waals surface area contributed by atoms with Gasteiger partial charge in [-0.05, 0) is 272 Å². The van der Waals surface area contributed by atoms with E-state index in [9.17, 15) is 0 Å². The minimum atomic E-state index is 0.142. The molecule has 7 aromatic carbocycles. The van der Waals surface area contributed by atoms with Crippen molar-refractivity contribution in [2.24, 2.45) is 69.5 Å². The van der Waals surface area contributed by atoms with Crippen LogP contribution in [0.15, 0.2) is 164 Å². The number of methoxy groups -OCH3 is 3. The Bertz CT molecular complexity index is 3260. The van der Waals surface area contributed by atoms with Gasteiger partial charge in [0, 0.05) is 37.6 Å². The Hall–Kier alpha value is -6.18. The van der Waals surface area contributed by atoms with E-state index in [0.717, 1.165) is 70.5 Å². The molecule has 6 heteroatoms. The highest BCUT2D eigenvalue weighted by atomic mass is 16.5. The Morgan fingerprint density at radius 1 is 0.276 bits per heavy atom. The van der Waals surface area contributed by atoms with E-state index in [1.165, 1.54) is 182 Å². The second-order valence-corrected chi connectivity index (χ2v) is 30.0. The molecule has 0 spiro atoms. The van der Waals surface area contributed by atoms with Crippen LogP contribution in [-0.2, 0) is 14.2 Å². The number of hydrogen-bond acceptors (Lipinski definition) is 6. The molecule has 0 aliphatic heterocycles. The zero-order valence-electron chi connectivity index (χ0n) is 51.8. The van der Waals surface area contributed by atoms with Gasteiger partial charge in [0.15, 0.2) is 0 Å². The average Bonchev–Trinajstić information content (AvgIpc) is 1.76. The highest BCUT2D eigenvalue weighted by Gasteiger charge is 2.57. The van der Waals surface area contributed by atoms with E-state index in [1.807, 2.05) is 21.3 Å². The lowest BCUT2D eigenvalue weighted by Crippen LogP contribution is -2.53. The second-order valence-electron chi connectivity index (χ2n) is 30.0. The molecule has 12 aliphatic rings. The SMILES string of the molecule is COC(COc1ccc(-c2ccc(-c3cccc(-c4ccc(-c5ccc(OCC(OC)C67CC8CC(CC(C8)C6)C7)cc5)cc4)c3-c3ccc(-c4ccc(OCC(OC)C56CC7CC(CC(C7)C5)C6)cc4)cc3)cc2)cc1)C12CC3CC(CC(C3)C1)C2. The van der Waals surface area contributed by atoms with Crippen molar-refractivity contribution in [2.45, 2.75) is 134 Å². The highest BCUT2D eigenvalue weighted by molar-refractivity contribution is 5.95. The Labute approximate surface area is 518 Å². The molecule has 87 heavy (non-hydrogen) atoms. The van der Waals surface area contributed by atoms with Crippen molar-refractivity contribution in [3.05, 3.63) is 164 Å². The van der Waals surface area contributed by atoms with Crippen LogP contribution < -0.4 is 14.2 Å². The molecular formula is C81H90O6. The van der Waals surface area contributed by atoms with Crippen LogP contribution in [0.25, 0.3) is 66.8 Å². The maximum Gasteiger partial charge on any atom is 0.119 e. The number of benzene rings is 7. The summed E-state index contributed by atoms with van der Waals surface area (Å²) in [6.45, 7) is 1.85. The molecular weight excluding hydrogens is 1070 g/mol. The molecule has 7 aromatic rings. The summed E-state index contributed by atoms with van der Waals surface area (Å²) >= 11 is 0. The van der Waals surface area contributed by atoms with E-state index < -0.39 is 0 Å². The molecule has 0 saturated heterocycles. The summed E-state index contributed by atoms with van der Waals surface area (Å²) in [6.07, 6.45) is 25.2. The maximum absolute atomic E-state index is 6.56. The molecule has 12 aliphatic carbocycles. The van der Waals surface area contributed by atoms with Gasteiger partial charge in [-0.15, -0.1) is 0 Å². The van der Waals surface area contributed by atoms with Crippen LogP contribution >= 0.6 is 0 Å².